The number of hydrogen-bond acceptors (Lipinski definition) is 1. The van der Waals surface area contributed by atoms with E-state index in [1.54, 1.807) is 0 Å². The Kier molecular flexibility index (Phi) is 3.65. The highest BCUT2D eigenvalue weighted by atomic mass is 79.9. The van der Waals surface area contributed by atoms with Gasteiger partial charge in [-0.1, -0.05) is 40.9 Å². The van der Waals surface area contributed by atoms with Gasteiger partial charge in [0.1, 0.15) is 6.17 Å². The number of hydrogen-bond donors (Lipinski definition) is 1. The van der Waals surface area contributed by atoms with E-state index in [0.29, 0.717) is 6.54 Å². The quantitative estimate of drug-likeness (QED) is 0.893. The van der Waals surface area contributed by atoms with Crippen LogP contribution in [0.2, 0.25) is 0 Å². The molecule has 1 aromatic carbocycles. The van der Waals surface area contributed by atoms with E-state index in [2.05, 4.69) is 15.9 Å². The normalized spacial score (nSPS) is 20.9. The zero-order valence-corrected chi connectivity index (χ0v) is 10.8. The lowest BCUT2D eigenvalue weighted by atomic mass is 9.78. The van der Waals surface area contributed by atoms with Crippen molar-refractivity contribution < 1.29 is 4.39 Å². The van der Waals surface area contributed by atoms with Crippen molar-refractivity contribution in [2.75, 3.05) is 6.54 Å². The van der Waals surface area contributed by atoms with Crippen LogP contribution in [0.4, 0.5) is 4.39 Å². The van der Waals surface area contributed by atoms with Crippen molar-refractivity contribution in [3.63, 3.8) is 0 Å². The Hall–Kier alpha value is -0.410. The zero-order chi connectivity index (χ0) is 11.6. The largest absolute Gasteiger partial charge is 0.330 e. The maximum absolute atomic E-state index is 14.5. The highest BCUT2D eigenvalue weighted by Gasteiger charge is 2.41. The second-order valence-electron chi connectivity index (χ2n) is 4.69. The molecule has 1 atom stereocenters. The molecule has 16 heavy (non-hydrogen) atoms. The SMILES string of the molecule is NCC1(C(F)c2ccc(Br)cc2)CCCC1. The monoisotopic (exact) mass is 285 g/mol. The van der Waals surface area contributed by atoms with Crippen molar-refractivity contribution in [2.24, 2.45) is 11.1 Å². The molecule has 0 heterocycles. The molecule has 0 amide bonds. The summed E-state index contributed by atoms with van der Waals surface area (Å²) in [6.07, 6.45) is 3.12. The van der Waals surface area contributed by atoms with Crippen LogP contribution in [0.3, 0.4) is 0 Å². The van der Waals surface area contributed by atoms with E-state index in [4.69, 9.17) is 5.73 Å². The average Bonchev–Trinajstić information content (AvgIpc) is 2.79. The van der Waals surface area contributed by atoms with Crippen molar-refractivity contribution in [3.8, 4) is 0 Å². The Morgan fingerprint density at radius 3 is 2.31 bits per heavy atom. The molecule has 1 aliphatic rings. The van der Waals surface area contributed by atoms with Gasteiger partial charge in [-0.2, -0.15) is 0 Å². The molecule has 0 aromatic heterocycles. The first-order valence-electron chi connectivity index (χ1n) is 5.77. The predicted octanol–water partition coefficient (Wildman–Crippen LogP) is 3.98. The molecule has 1 aromatic rings. The molecule has 1 aliphatic carbocycles. The van der Waals surface area contributed by atoms with Crippen LogP contribution in [0, 0.1) is 5.41 Å². The van der Waals surface area contributed by atoms with Gasteiger partial charge < -0.3 is 5.73 Å². The Balaban J connectivity index is 2.23. The minimum Gasteiger partial charge on any atom is -0.330 e. The Labute approximate surface area is 104 Å². The molecule has 3 heteroatoms. The van der Waals surface area contributed by atoms with E-state index in [1.165, 1.54) is 0 Å². The van der Waals surface area contributed by atoms with E-state index >= 15 is 0 Å². The summed E-state index contributed by atoms with van der Waals surface area (Å²) in [4.78, 5) is 0. The van der Waals surface area contributed by atoms with Gasteiger partial charge in [0.2, 0.25) is 0 Å². The second kappa shape index (κ2) is 4.84. The number of benzene rings is 1. The van der Waals surface area contributed by atoms with Gasteiger partial charge in [-0.3, -0.25) is 0 Å². The van der Waals surface area contributed by atoms with Crippen LogP contribution in [-0.4, -0.2) is 6.54 Å². The van der Waals surface area contributed by atoms with Crippen LogP contribution >= 0.6 is 15.9 Å². The molecule has 0 aliphatic heterocycles. The fraction of sp³-hybridized carbons (Fsp3) is 0.538. The van der Waals surface area contributed by atoms with Crippen molar-refractivity contribution in [1.29, 1.82) is 0 Å². The van der Waals surface area contributed by atoms with Crippen LogP contribution in [0.1, 0.15) is 37.4 Å². The standard InChI is InChI=1S/C13H17BrFN/c14-11-5-3-10(4-6-11)12(15)13(9-16)7-1-2-8-13/h3-6,12H,1-2,7-9,16H2. The van der Waals surface area contributed by atoms with E-state index in [1.807, 2.05) is 24.3 Å². The maximum Gasteiger partial charge on any atom is 0.132 e. The smallest absolute Gasteiger partial charge is 0.132 e. The summed E-state index contributed by atoms with van der Waals surface area (Å²) in [5, 5.41) is 0. The van der Waals surface area contributed by atoms with Crippen molar-refractivity contribution >= 4 is 15.9 Å². The molecule has 88 valence electrons. The number of rotatable bonds is 3. The summed E-state index contributed by atoms with van der Waals surface area (Å²) in [7, 11) is 0. The molecule has 2 N–H and O–H groups in total. The summed E-state index contributed by atoms with van der Waals surface area (Å²) in [5.74, 6) is 0. The van der Waals surface area contributed by atoms with Crippen LogP contribution in [-0.2, 0) is 0 Å². The maximum atomic E-state index is 14.5. The molecular formula is C13H17BrFN. The Morgan fingerprint density at radius 1 is 1.25 bits per heavy atom. The summed E-state index contributed by atoms with van der Waals surface area (Å²) in [6.45, 7) is 0.449. The molecule has 0 bridgehead atoms. The second-order valence-corrected chi connectivity index (χ2v) is 5.60. The first-order chi connectivity index (χ1) is 7.68. The fourth-order valence-corrected chi connectivity index (χ4v) is 2.89. The fourth-order valence-electron chi connectivity index (χ4n) is 2.63. The van der Waals surface area contributed by atoms with Crippen molar-refractivity contribution in [3.05, 3.63) is 34.3 Å². The lowest BCUT2D eigenvalue weighted by molar-refractivity contribution is 0.119. The first kappa shape index (κ1) is 12.1. The summed E-state index contributed by atoms with van der Waals surface area (Å²) in [5.41, 5.74) is 6.24. The summed E-state index contributed by atoms with van der Waals surface area (Å²) in [6, 6.07) is 7.48. The summed E-state index contributed by atoms with van der Waals surface area (Å²) < 4.78 is 15.5. The van der Waals surface area contributed by atoms with Crippen LogP contribution in [0.5, 0.6) is 0 Å². The molecule has 0 radical (unpaired) electrons. The van der Waals surface area contributed by atoms with E-state index in [9.17, 15) is 4.39 Å². The van der Waals surface area contributed by atoms with Gasteiger partial charge >= 0.3 is 0 Å². The number of nitrogens with two attached hydrogens (primary N) is 1. The molecule has 0 spiro atoms. The van der Waals surface area contributed by atoms with Gasteiger partial charge in [-0.15, -0.1) is 0 Å². The van der Waals surface area contributed by atoms with Crippen LogP contribution < -0.4 is 5.73 Å². The van der Waals surface area contributed by atoms with E-state index in [-0.39, 0.29) is 5.41 Å². The minimum atomic E-state index is -0.923. The molecule has 1 saturated carbocycles. The molecule has 1 unspecified atom stereocenters. The van der Waals surface area contributed by atoms with Gasteiger partial charge in [0, 0.05) is 16.4 Å². The highest BCUT2D eigenvalue weighted by molar-refractivity contribution is 9.10. The predicted molar refractivity (Wildman–Crippen MR) is 67.9 cm³/mol. The lowest BCUT2D eigenvalue weighted by Gasteiger charge is -2.31. The molecular weight excluding hydrogens is 269 g/mol. The van der Waals surface area contributed by atoms with Crippen LogP contribution in [0.15, 0.2) is 28.7 Å². The first-order valence-corrected chi connectivity index (χ1v) is 6.57. The van der Waals surface area contributed by atoms with Crippen molar-refractivity contribution in [1.82, 2.24) is 0 Å². The summed E-state index contributed by atoms with van der Waals surface area (Å²) >= 11 is 3.36. The van der Waals surface area contributed by atoms with Gasteiger partial charge in [0.25, 0.3) is 0 Å². The third kappa shape index (κ3) is 2.16. The van der Waals surface area contributed by atoms with E-state index in [0.717, 1.165) is 35.7 Å². The Bertz CT molecular complexity index is 343. The van der Waals surface area contributed by atoms with E-state index < -0.39 is 6.17 Å². The van der Waals surface area contributed by atoms with Crippen LogP contribution in [0.25, 0.3) is 0 Å². The zero-order valence-electron chi connectivity index (χ0n) is 9.26. The molecule has 2 rings (SSSR count). The van der Waals surface area contributed by atoms with Gasteiger partial charge in [-0.25, -0.2) is 4.39 Å². The van der Waals surface area contributed by atoms with Gasteiger partial charge in [0.15, 0.2) is 0 Å². The highest BCUT2D eigenvalue weighted by Crippen LogP contribution is 2.48. The van der Waals surface area contributed by atoms with Crippen molar-refractivity contribution in [2.45, 2.75) is 31.9 Å². The average molecular weight is 286 g/mol. The minimum absolute atomic E-state index is 0.312. The van der Waals surface area contributed by atoms with Gasteiger partial charge in [0.05, 0.1) is 0 Å². The number of halogens is 2. The molecule has 1 nitrogen and oxygen atoms in total. The molecule has 1 fully saturated rings. The Morgan fingerprint density at radius 2 is 1.81 bits per heavy atom. The number of alkyl halides is 1. The third-order valence-corrected chi connectivity index (χ3v) is 4.23. The molecule has 0 saturated heterocycles. The van der Waals surface area contributed by atoms with Gasteiger partial charge in [-0.05, 0) is 30.5 Å². The topological polar surface area (TPSA) is 26.0 Å². The lowest BCUT2D eigenvalue weighted by Crippen LogP contribution is -2.32. The third-order valence-electron chi connectivity index (χ3n) is 3.71.